The zero-order valence-electron chi connectivity index (χ0n) is 16.7. The second kappa shape index (κ2) is 9.64. The number of hydrogen-bond acceptors (Lipinski definition) is 9. The molecule has 0 saturated heterocycles. The third-order valence-corrected chi connectivity index (χ3v) is 9.09. The van der Waals surface area contributed by atoms with Crippen LogP contribution in [0.4, 0.5) is 0 Å². The van der Waals surface area contributed by atoms with Crippen molar-refractivity contribution in [1.82, 2.24) is 24.1 Å². The third kappa shape index (κ3) is 5.14. The zero-order chi connectivity index (χ0) is 21.9. The van der Waals surface area contributed by atoms with Gasteiger partial charge in [-0.25, -0.2) is 17.7 Å². The first-order valence-electron chi connectivity index (χ1n) is 9.01. The van der Waals surface area contributed by atoms with Gasteiger partial charge in [0.25, 0.3) is 0 Å². The Morgan fingerprint density at radius 2 is 1.93 bits per heavy atom. The number of aryl methyl sites for hydroxylation is 1. The molecule has 0 aliphatic rings. The Hall–Kier alpha value is -1.67. The highest BCUT2D eigenvalue weighted by atomic mass is 32.2. The first-order valence-corrected chi connectivity index (χ1v) is 13.2. The monoisotopic (exact) mass is 486 g/mol. The lowest BCUT2D eigenvalue weighted by atomic mass is 10.3. The Morgan fingerprint density at radius 3 is 2.57 bits per heavy atom. The zero-order valence-corrected chi connectivity index (χ0v) is 20.0. The van der Waals surface area contributed by atoms with E-state index >= 15 is 0 Å². The van der Waals surface area contributed by atoms with Crippen LogP contribution in [0.2, 0.25) is 0 Å². The second-order valence-electron chi connectivity index (χ2n) is 6.50. The summed E-state index contributed by atoms with van der Waals surface area (Å²) < 4.78 is 29.7. The van der Waals surface area contributed by atoms with Crippen LogP contribution >= 0.6 is 34.9 Å². The molecule has 0 unspecified atom stereocenters. The fraction of sp³-hybridized carbons (Fsp3) is 0.412. The number of thioether (sulfide) groups is 2. The first kappa shape index (κ1) is 23.0. The van der Waals surface area contributed by atoms with Crippen molar-refractivity contribution >= 4 is 61.8 Å². The van der Waals surface area contributed by atoms with Gasteiger partial charge in [-0.15, -0.1) is 10.2 Å². The smallest absolute Gasteiger partial charge is 0.242 e. The van der Waals surface area contributed by atoms with Crippen molar-refractivity contribution in [1.29, 1.82) is 0 Å². The van der Waals surface area contributed by atoms with Crippen molar-refractivity contribution in [2.45, 2.75) is 39.2 Å². The number of nitrogens with zero attached hydrogens (tertiary/aromatic N) is 5. The molecule has 0 atom stereocenters. The average molecular weight is 487 g/mol. The van der Waals surface area contributed by atoms with Crippen LogP contribution in [0.1, 0.15) is 19.2 Å². The lowest BCUT2D eigenvalue weighted by Gasteiger charge is -2.11. The quantitative estimate of drug-likeness (QED) is 0.433. The number of benzene rings is 1. The molecule has 30 heavy (non-hydrogen) atoms. The van der Waals surface area contributed by atoms with Crippen LogP contribution in [0.5, 0.6) is 0 Å². The van der Waals surface area contributed by atoms with Gasteiger partial charge in [0.2, 0.25) is 15.9 Å². The van der Waals surface area contributed by atoms with E-state index in [4.69, 9.17) is 10.7 Å². The van der Waals surface area contributed by atoms with Crippen LogP contribution in [0.3, 0.4) is 0 Å². The number of imidazole rings is 1. The van der Waals surface area contributed by atoms with E-state index in [2.05, 4.69) is 21.7 Å². The maximum Gasteiger partial charge on any atom is 0.242 e. The van der Waals surface area contributed by atoms with Gasteiger partial charge in [0.1, 0.15) is 5.82 Å². The first-order chi connectivity index (χ1) is 14.2. The molecule has 162 valence electrons. The van der Waals surface area contributed by atoms with Gasteiger partial charge in [-0.2, -0.15) is 0 Å². The number of nitrogens with two attached hydrogens (primary N) is 1. The minimum Gasteiger partial charge on any atom is -0.369 e. The summed E-state index contributed by atoms with van der Waals surface area (Å²) in [7, 11) is -0.503. The number of amides is 1. The molecule has 0 bridgehead atoms. The number of carbonyl (C=O) groups is 1. The molecule has 2 heterocycles. The number of hydrogen-bond donors (Lipinski definition) is 1. The van der Waals surface area contributed by atoms with Crippen molar-refractivity contribution in [2.24, 2.45) is 5.73 Å². The highest BCUT2D eigenvalue weighted by Crippen LogP contribution is 2.31. The van der Waals surface area contributed by atoms with E-state index in [1.165, 1.54) is 53.3 Å². The van der Waals surface area contributed by atoms with Crippen molar-refractivity contribution in [3.63, 3.8) is 0 Å². The van der Waals surface area contributed by atoms with Gasteiger partial charge in [0, 0.05) is 20.6 Å². The van der Waals surface area contributed by atoms with E-state index in [0.29, 0.717) is 15.6 Å². The number of fused-ring (bicyclic) bond motifs is 1. The van der Waals surface area contributed by atoms with E-state index in [-0.39, 0.29) is 10.6 Å². The summed E-state index contributed by atoms with van der Waals surface area (Å²) >= 11 is 4.17. The summed E-state index contributed by atoms with van der Waals surface area (Å²) in [5.41, 5.74) is 6.71. The molecular formula is C17H22N6O3S4. The van der Waals surface area contributed by atoms with E-state index in [1.54, 1.807) is 12.1 Å². The average Bonchev–Trinajstić information content (AvgIpc) is 3.29. The van der Waals surface area contributed by atoms with Crippen LogP contribution in [0.15, 0.2) is 31.8 Å². The molecule has 0 saturated carbocycles. The predicted molar refractivity (Wildman–Crippen MR) is 120 cm³/mol. The number of carbonyl (C=O) groups excluding carboxylic acids is 1. The summed E-state index contributed by atoms with van der Waals surface area (Å²) in [6.07, 6.45) is 0.924. The largest absolute Gasteiger partial charge is 0.369 e. The van der Waals surface area contributed by atoms with Crippen molar-refractivity contribution in [3.8, 4) is 0 Å². The van der Waals surface area contributed by atoms with E-state index in [9.17, 15) is 13.2 Å². The number of primary amides is 1. The fourth-order valence-corrected chi connectivity index (χ4v) is 6.31. The Bertz CT molecular complexity index is 1160. The molecule has 13 heteroatoms. The summed E-state index contributed by atoms with van der Waals surface area (Å²) in [5, 5.41) is 8.20. The van der Waals surface area contributed by atoms with Gasteiger partial charge in [-0.3, -0.25) is 4.79 Å². The number of sulfonamides is 1. The molecule has 0 radical (unpaired) electrons. The van der Waals surface area contributed by atoms with Crippen molar-refractivity contribution in [2.75, 3.05) is 19.8 Å². The molecule has 0 aliphatic carbocycles. The molecule has 0 spiro atoms. The van der Waals surface area contributed by atoms with Crippen LogP contribution in [0, 0.1) is 0 Å². The molecule has 1 aromatic carbocycles. The van der Waals surface area contributed by atoms with Gasteiger partial charge < -0.3 is 10.3 Å². The normalized spacial score (nSPS) is 12.1. The molecule has 3 aromatic rings. The Labute approximate surface area is 187 Å². The van der Waals surface area contributed by atoms with Crippen LogP contribution in [-0.4, -0.2) is 58.2 Å². The van der Waals surface area contributed by atoms with E-state index < -0.39 is 15.9 Å². The van der Waals surface area contributed by atoms with E-state index in [0.717, 1.165) is 28.6 Å². The SMILES string of the molecule is CCCn1c(CSc2nnc(SCC(N)=O)s2)nc2cc(S(=O)(=O)N(C)C)ccc21. The predicted octanol–water partition coefficient (Wildman–Crippen LogP) is 2.42. The van der Waals surface area contributed by atoms with Gasteiger partial charge in [-0.05, 0) is 24.6 Å². The summed E-state index contributed by atoms with van der Waals surface area (Å²) in [5.74, 6) is 1.19. The summed E-state index contributed by atoms with van der Waals surface area (Å²) in [6.45, 7) is 2.86. The van der Waals surface area contributed by atoms with Crippen LogP contribution < -0.4 is 5.73 Å². The van der Waals surface area contributed by atoms with Crippen molar-refractivity contribution in [3.05, 3.63) is 24.0 Å². The molecule has 2 N–H and O–H groups in total. The highest BCUT2D eigenvalue weighted by Gasteiger charge is 2.20. The van der Waals surface area contributed by atoms with Gasteiger partial charge >= 0.3 is 0 Å². The van der Waals surface area contributed by atoms with Crippen molar-refractivity contribution < 1.29 is 13.2 Å². The molecule has 2 aromatic heterocycles. The second-order valence-corrected chi connectivity index (χ2v) is 12.1. The maximum atomic E-state index is 12.4. The van der Waals surface area contributed by atoms with E-state index in [1.807, 2.05) is 6.07 Å². The third-order valence-electron chi connectivity index (χ3n) is 4.08. The number of aromatic nitrogens is 4. The minimum absolute atomic E-state index is 0.170. The van der Waals surface area contributed by atoms with Crippen LogP contribution in [-0.2, 0) is 27.1 Å². The molecular weight excluding hydrogens is 464 g/mol. The maximum absolute atomic E-state index is 12.4. The molecule has 3 rings (SSSR count). The molecule has 0 aliphatic heterocycles. The Kier molecular flexibility index (Phi) is 7.39. The Morgan fingerprint density at radius 1 is 1.23 bits per heavy atom. The lowest BCUT2D eigenvalue weighted by Crippen LogP contribution is -2.22. The lowest BCUT2D eigenvalue weighted by molar-refractivity contribution is -0.115. The summed E-state index contributed by atoms with van der Waals surface area (Å²) in [4.78, 5) is 15.8. The minimum atomic E-state index is -3.52. The topological polar surface area (TPSA) is 124 Å². The standard InChI is InChI=1S/C17H22N6O3S4/c1-4-7-23-13-6-5-11(30(25,26)22(2)3)8-12(13)19-15(23)10-28-17-21-20-16(29-17)27-9-14(18)24/h5-6,8H,4,7,9-10H2,1-3H3,(H2,18,24). The highest BCUT2D eigenvalue weighted by molar-refractivity contribution is 8.03. The Balaban J connectivity index is 1.84. The van der Waals surface area contributed by atoms with Crippen LogP contribution in [0.25, 0.3) is 11.0 Å². The fourth-order valence-electron chi connectivity index (χ4n) is 2.69. The number of rotatable bonds is 10. The van der Waals surface area contributed by atoms with Gasteiger partial charge in [0.05, 0.1) is 27.4 Å². The van der Waals surface area contributed by atoms with Gasteiger partial charge in [0.15, 0.2) is 8.68 Å². The van der Waals surface area contributed by atoms with Gasteiger partial charge in [-0.1, -0.05) is 41.8 Å². The molecule has 1 amide bonds. The summed E-state index contributed by atoms with van der Waals surface area (Å²) in [6, 6.07) is 5.05. The molecule has 0 fully saturated rings. The molecule has 9 nitrogen and oxygen atoms in total.